The molecule has 1 atom stereocenters. The third-order valence-electron chi connectivity index (χ3n) is 5.52. The lowest BCUT2D eigenvalue weighted by atomic mass is 9.98. The van der Waals surface area contributed by atoms with Crippen molar-refractivity contribution in [2.45, 2.75) is 25.8 Å². The minimum Gasteiger partial charge on any atom is -0.371 e. The molecule has 4 rings (SSSR count). The number of rotatable bonds is 5. The van der Waals surface area contributed by atoms with Crippen molar-refractivity contribution in [1.29, 1.82) is 0 Å². The maximum Gasteiger partial charge on any atom is 0.251 e. The van der Waals surface area contributed by atoms with Crippen LogP contribution in [0.1, 0.15) is 39.5 Å². The average molecular weight is 440 g/mol. The standard InChI is InChI=1S/C24H23Cl2N3O/c1-16-10-22(5-6-23(16)24(30)28-14-21-4-2-3-8-27-21)29-9-7-17(15-29)18-11-19(25)13-20(26)12-18/h2-6,8,10-13,17H,7,9,14-15H2,1H3,(H,28,30). The highest BCUT2D eigenvalue weighted by molar-refractivity contribution is 6.34. The van der Waals surface area contributed by atoms with Crippen LogP contribution in [-0.2, 0) is 6.54 Å². The van der Waals surface area contributed by atoms with Crippen LogP contribution in [0.2, 0.25) is 10.0 Å². The number of carbonyl (C=O) groups is 1. The Kier molecular flexibility index (Phi) is 6.26. The molecule has 30 heavy (non-hydrogen) atoms. The first-order valence-electron chi connectivity index (χ1n) is 9.99. The molecular weight excluding hydrogens is 417 g/mol. The van der Waals surface area contributed by atoms with Crippen LogP contribution in [0.25, 0.3) is 0 Å². The van der Waals surface area contributed by atoms with E-state index < -0.39 is 0 Å². The Balaban J connectivity index is 1.42. The summed E-state index contributed by atoms with van der Waals surface area (Å²) in [5.41, 5.74) is 4.79. The van der Waals surface area contributed by atoms with Gasteiger partial charge in [-0.1, -0.05) is 29.3 Å². The fraction of sp³-hybridized carbons (Fsp3) is 0.250. The highest BCUT2D eigenvalue weighted by Crippen LogP contribution is 2.34. The van der Waals surface area contributed by atoms with Gasteiger partial charge >= 0.3 is 0 Å². The highest BCUT2D eigenvalue weighted by Gasteiger charge is 2.25. The van der Waals surface area contributed by atoms with Crippen LogP contribution in [0.5, 0.6) is 0 Å². The summed E-state index contributed by atoms with van der Waals surface area (Å²) in [4.78, 5) is 19.2. The zero-order valence-corrected chi connectivity index (χ0v) is 18.2. The van der Waals surface area contributed by atoms with Crippen molar-refractivity contribution >= 4 is 34.8 Å². The van der Waals surface area contributed by atoms with Gasteiger partial charge in [-0.3, -0.25) is 9.78 Å². The van der Waals surface area contributed by atoms with E-state index in [4.69, 9.17) is 23.2 Å². The van der Waals surface area contributed by atoms with Gasteiger partial charge in [0.15, 0.2) is 0 Å². The minimum atomic E-state index is -0.0856. The van der Waals surface area contributed by atoms with Crippen molar-refractivity contribution in [2.75, 3.05) is 18.0 Å². The molecule has 1 N–H and O–H groups in total. The van der Waals surface area contributed by atoms with Crippen LogP contribution < -0.4 is 10.2 Å². The Morgan fingerprint density at radius 1 is 1.13 bits per heavy atom. The van der Waals surface area contributed by atoms with Gasteiger partial charge in [-0.15, -0.1) is 0 Å². The Morgan fingerprint density at radius 3 is 2.63 bits per heavy atom. The van der Waals surface area contributed by atoms with Crippen molar-refractivity contribution in [3.05, 3.63) is 93.2 Å². The van der Waals surface area contributed by atoms with Crippen molar-refractivity contribution < 1.29 is 4.79 Å². The SMILES string of the molecule is Cc1cc(N2CCC(c3cc(Cl)cc(Cl)c3)C2)ccc1C(=O)NCc1ccccn1. The van der Waals surface area contributed by atoms with Crippen LogP contribution in [0, 0.1) is 6.92 Å². The number of aromatic nitrogens is 1. The largest absolute Gasteiger partial charge is 0.371 e. The van der Waals surface area contributed by atoms with Crippen molar-refractivity contribution in [3.63, 3.8) is 0 Å². The molecule has 2 aromatic carbocycles. The molecule has 0 aliphatic carbocycles. The quantitative estimate of drug-likeness (QED) is 0.560. The van der Waals surface area contributed by atoms with Gasteiger partial charge in [0.2, 0.25) is 0 Å². The van der Waals surface area contributed by atoms with Crippen LogP contribution in [0.3, 0.4) is 0 Å². The van der Waals surface area contributed by atoms with Gasteiger partial charge in [0.1, 0.15) is 0 Å². The van der Waals surface area contributed by atoms with Crippen LogP contribution in [0.15, 0.2) is 60.8 Å². The molecule has 1 aliphatic rings. The average Bonchev–Trinajstić information content (AvgIpc) is 3.22. The summed E-state index contributed by atoms with van der Waals surface area (Å²) in [7, 11) is 0. The maximum absolute atomic E-state index is 12.6. The number of nitrogens with one attached hydrogen (secondary N) is 1. The molecule has 1 saturated heterocycles. The molecule has 1 unspecified atom stereocenters. The smallest absolute Gasteiger partial charge is 0.251 e. The van der Waals surface area contributed by atoms with E-state index in [2.05, 4.69) is 21.3 Å². The van der Waals surface area contributed by atoms with Gasteiger partial charge in [0, 0.05) is 46.5 Å². The number of pyridine rings is 1. The van der Waals surface area contributed by atoms with E-state index in [1.54, 1.807) is 12.3 Å². The highest BCUT2D eigenvalue weighted by atomic mass is 35.5. The summed E-state index contributed by atoms with van der Waals surface area (Å²) < 4.78 is 0. The van der Waals surface area contributed by atoms with Crippen molar-refractivity contribution in [1.82, 2.24) is 10.3 Å². The van der Waals surface area contributed by atoms with E-state index in [9.17, 15) is 4.79 Å². The van der Waals surface area contributed by atoms with Gasteiger partial charge in [-0.05, 0) is 73.0 Å². The monoisotopic (exact) mass is 439 g/mol. The Bertz CT molecular complexity index is 1040. The Labute approximate surface area is 186 Å². The third-order valence-corrected chi connectivity index (χ3v) is 5.96. The predicted octanol–water partition coefficient (Wildman–Crippen LogP) is 5.62. The number of hydrogen-bond donors (Lipinski definition) is 1. The van der Waals surface area contributed by atoms with E-state index in [-0.39, 0.29) is 5.91 Å². The van der Waals surface area contributed by atoms with Crippen LogP contribution >= 0.6 is 23.2 Å². The van der Waals surface area contributed by atoms with Crippen LogP contribution in [-0.4, -0.2) is 24.0 Å². The molecule has 0 saturated carbocycles. The second kappa shape index (κ2) is 9.07. The normalized spacial score (nSPS) is 16.0. The van der Waals surface area contributed by atoms with E-state index in [1.807, 2.05) is 49.4 Å². The number of amides is 1. The van der Waals surface area contributed by atoms with Crippen molar-refractivity contribution in [2.24, 2.45) is 0 Å². The number of hydrogen-bond acceptors (Lipinski definition) is 3. The summed E-state index contributed by atoms with van der Waals surface area (Å²) in [5.74, 6) is 0.306. The number of carbonyl (C=O) groups excluding carboxylic acids is 1. The number of aryl methyl sites for hydroxylation is 1. The van der Waals surface area contributed by atoms with E-state index in [0.717, 1.165) is 36.5 Å². The molecule has 154 valence electrons. The first-order chi connectivity index (χ1) is 14.5. The lowest BCUT2D eigenvalue weighted by Crippen LogP contribution is -2.24. The van der Waals surface area contributed by atoms with E-state index in [0.29, 0.717) is 28.1 Å². The molecule has 1 amide bonds. The number of benzene rings is 2. The molecule has 1 aromatic heterocycles. The first kappa shape index (κ1) is 20.7. The van der Waals surface area contributed by atoms with Crippen LogP contribution in [0.4, 0.5) is 5.69 Å². The summed E-state index contributed by atoms with van der Waals surface area (Å²) in [5, 5.41) is 4.29. The van der Waals surface area contributed by atoms with Gasteiger partial charge in [0.25, 0.3) is 5.91 Å². The second-order valence-corrected chi connectivity index (χ2v) is 8.51. The first-order valence-corrected chi connectivity index (χ1v) is 10.7. The maximum atomic E-state index is 12.6. The molecule has 6 heteroatoms. The molecule has 4 nitrogen and oxygen atoms in total. The second-order valence-electron chi connectivity index (χ2n) is 7.64. The minimum absolute atomic E-state index is 0.0856. The molecule has 3 aromatic rings. The number of anilines is 1. The molecule has 2 heterocycles. The third kappa shape index (κ3) is 4.77. The van der Waals surface area contributed by atoms with Gasteiger partial charge in [-0.25, -0.2) is 0 Å². The summed E-state index contributed by atoms with van der Waals surface area (Å²) in [6.45, 7) is 4.25. The molecule has 0 radical (unpaired) electrons. The fourth-order valence-electron chi connectivity index (χ4n) is 3.95. The van der Waals surface area contributed by atoms with E-state index >= 15 is 0 Å². The van der Waals surface area contributed by atoms with Gasteiger partial charge < -0.3 is 10.2 Å². The molecule has 1 aliphatic heterocycles. The lowest BCUT2D eigenvalue weighted by molar-refractivity contribution is 0.0950. The zero-order valence-electron chi connectivity index (χ0n) is 16.7. The summed E-state index contributed by atoms with van der Waals surface area (Å²) >= 11 is 12.3. The Hall–Kier alpha value is -2.56. The zero-order chi connectivity index (χ0) is 21.1. The van der Waals surface area contributed by atoms with Gasteiger partial charge in [0.05, 0.1) is 12.2 Å². The lowest BCUT2D eigenvalue weighted by Gasteiger charge is -2.20. The van der Waals surface area contributed by atoms with Crippen molar-refractivity contribution in [3.8, 4) is 0 Å². The predicted molar refractivity (Wildman–Crippen MR) is 123 cm³/mol. The number of nitrogens with zero attached hydrogens (tertiary/aromatic N) is 2. The molecule has 0 spiro atoms. The Morgan fingerprint density at radius 2 is 1.93 bits per heavy atom. The summed E-state index contributed by atoms with van der Waals surface area (Å²) in [6.07, 6.45) is 2.77. The molecule has 1 fully saturated rings. The topological polar surface area (TPSA) is 45.2 Å². The van der Waals surface area contributed by atoms with E-state index in [1.165, 1.54) is 5.56 Å². The van der Waals surface area contributed by atoms with Gasteiger partial charge in [-0.2, -0.15) is 0 Å². The molecule has 0 bridgehead atoms. The summed E-state index contributed by atoms with van der Waals surface area (Å²) in [6, 6.07) is 17.4. The number of halogens is 2. The fourth-order valence-corrected chi connectivity index (χ4v) is 4.49. The molecular formula is C24H23Cl2N3O.